The molecule has 0 bridgehead atoms. The Morgan fingerprint density at radius 2 is 1.92 bits per heavy atom. The molecule has 2 aromatic carbocycles. The van der Waals surface area contributed by atoms with Gasteiger partial charge in [0.2, 0.25) is 5.91 Å². The van der Waals surface area contributed by atoms with Crippen LogP contribution in [0.25, 0.3) is 0 Å². The average Bonchev–Trinajstić information content (AvgIpc) is 2.54. The maximum absolute atomic E-state index is 12.2. The fraction of sp³-hybridized carbons (Fsp3) is 0.263. The van der Waals surface area contributed by atoms with Crippen LogP contribution in [0.4, 0.5) is 5.69 Å². The van der Waals surface area contributed by atoms with Crippen LogP contribution < -0.4 is 15.4 Å². The van der Waals surface area contributed by atoms with Crippen molar-refractivity contribution in [2.24, 2.45) is 0 Å². The molecule has 0 radical (unpaired) electrons. The van der Waals surface area contributed by atoms with Gasteiger partial charge in [-0.3, -0.25) is 9.59 Å². The SMILES string of the molecule is COc1ccc(NC(C)=O)cc1CCNC(=O)c1cccc(C)c1. The average molecular weight is 326 g/mol. The molecule has 0 unspecified atom stereocenters. The molecule has 2 amide bonds. The van der Waals surface area contributed by atoms with Crippen LogP contribution >= 0.6 is 0 Å². The first kappa shape index (κ1) is 17.5. The van der Waals surface area contributed by atoms with E-state index < -0.39 is 0 Å². The Bertz CT molecular complexity index is 741. The summed E-state index contributed by atoms with van der Waals surface area (Å²) in [4.78, 5) is 23.3. The Labute approximate surface area is 142 Å². The van der Waals surface area contributed by atoms with E-state index in [4.69, 9.17) is 4.74 Å². The number of hydrogen-bond acceptors (Lipinski definition) is 3. The van der Waals surface area contributed by atoms with E-state index in [9.17, 15) is 9.59 Å². The molecule has 2 aromatic rings. The van der Waals surface area contributed by atoms with Crippen LogP contribution in [-0.4, -0.2) is 25.5 Å². The third kappa shape index (κ3) is 4.84. The Kier molecular flexibility index (Phi) is 5.95. The van der Waals surface area contributed by atoms with E-state index >= 15 is 0 Å². The van der Waals surface area contributed by atoms with Crippen molar-refractivity contribution in [1.29, 1.82) is 0 Å². The van der Waals surface area contributed by atoms with Gasteiger partial charge < -0.3 is 15.4 Å². The second-order valence-electron chi connectivity index (χ2n) is 5.58. The molecule has 5 nitrogen and oxygen atoms in total. The molecule has 2 N–H and O–H groups in total. The molecule has 0 aliphatic heterocycles. The van der Waals surface area contributed by atoms with Crippen molar-refractivity contribution < 1.29 is 14.3 Å². The highest BCUT2D eigenvalue weighted by molar-refractivity contribution is 5.94. The third-order valence-electron chi connectivity index (χ3n) is 3.56. The van der Waals surface area contributed by atoms with Crippen LogP contribution in [0, 0.1) is 6.92 Å². The first-order chi connectivity index (χ1) is 11.5. The molecule has 0 fully saturated rings. The van der Waals surface area contributed by atoms with Gasteiger partial charge in [0.25, 0.3) is 5.91 Å². The van der Waals surface area contributed by atoms with E-state index in [1.807, 2.05) is 37.3 Å². The number of aryl methyl sites for hydroxylation is 1. The van der Waals surface area contributed by atoms with Crippen molar-refractivity contribution in [1.82, 2.24) is 5.32 Å². The minimum absolute atomic E-state index is 0.101. The second kappa shape index (κ2) is 8.15. The van der Waals surface area contributed by atoms with Crippen LogP contribution in [0.1, 0.15) is 28.4 Å². The standard InChI is InChI=1S/C19H22N2O3/c1-13-5-4-6-16(11-13)19(23)20-10-9-15-12-17(21-14(2)22)7-8-18(15)24-3/h4-8,11-12H,9-10H2,1-3H3,(H,20,23)(H,21,22). The van der Waals surface area contributed by atoms with Crippen molar-refractivity contribution in [3.63, 3.8) is 0 Å². The first-order valence-corrected chi connectivity index (χ1v) is 7.79. The van der Waals surface area contributed by atoms with Gasteiger partial charge in [-0.05, 0) is 49.2 Å². The van der Waals surface area contributed by atoms with Crippen LogP contribution in [0.2, 0.25) is 0 Å². The van der Waals surface area contributed by atoms with Gasteiger partial charge in [-0.1, -0.05) is 17.7 Å². The van der Waals surface area contributed by atoms with Gasteiger partial charge in [0.05, 0.1) is 7.11 Å². The van der Waals surface area contributed by atoms with Crippen LogP contribution in [0.3, 0.4) is 0 Å². The number of rotatable bonds is 6. The number of ether oxygens (including phenoxy) is 1. The molecule has 0 saturated heterocycles. The minimum Gasteiger partial charge on any atom is -0.496 e. The summed E-state index contributed by atoms with van der Waals surface area (Å²) < 4.78 is 5.34. The topological polar surface area (TPSA) is 67.4 Å². The Morgan fingerprint density at radius 1 is 1.12 bits per heavy atom. The van der Waals surface area contributed by atoms with E-state index in [1.54, 1.807) is 19.2 Å². The summed E-state index contributed by atoms with van der Waals surface area (Å²) in [6.45, 7) is 3.90. The van der Waals surface area contributed by atoms with Crippen molar-refractivity contribution in [3.05, 3.63) is 59.2 Å². The summed E-state index contributed by atoms with van der Waals surface area (Å²) in [5.41, 5.74) is 3.33. The quantitative estimate of drug-likeness (QED) is 0.857. The normalized spacial score (nSPS) is 10.1. The van der Waals surface area contributed by atoms with Gasteiger partial charge >= 0.3 is 0 Å². The molecule has 0 heterocycles. The van der Waals surface area contributed by atoms with E-state index in [2.05, 4.69) is 10.6 Å². The van der Waals surface area contributed by atoms with E-state index in [1.165, 1.54) is 6.92 Å². The highest BCUT2D eigenvalue weighted by atomic mass is 16.5. The maximum atomic E-state index is 12.2. The monoisotopic (exact) mass is 326 g/mol. The summed E-state index contributed by atoms with van der Waals surface area (Å²) in [5, 5.41) is 5.65. The van der Waals surface area contributed by atoms with E-state index in [-0.39, 0.29) is 11.8 Å². The number of anilines is 1. The molecule has 0 aromatic heterocycles. The maximum Gasteiger partial charge on any atom is 0.251 e. The molecule has 0 saturated carbocycles. The number of nitrogens with one attached hydrogen (secondary N) is 2. The molecule has 24 heavy (non-hydrogen) atoms. The fourth-order valence-electron chi connectivity index (χ4n) is 2.45. The molecular weight excluding hydrogens is 304 g/mol. The third-order valence-corrected chi connectivity index (χ3v) is 3.56. The number of benzene rings is 2. The van der Waals surface area contributed by atoms with Crippen LogP contribution in [-0.2, 0) is 11.2 Å². The number of hydrogen-bond donors (Lipinski definition) is 2. The fourth-order valence-corrected chi connectivity index (χ4v) is 2.45. The molecule has 126 valence electrons. The van der Waals surface area contributed by atoms with Gasteiger partial charge in [-0.25, -0.2) is 0 Å². The number of methoxy groups -OCH3 is 1. The summed E-state index contributed by atoms with van der Waals surface area (Å²) in [7, 11) is 1.60. The van der Waals surface area contributed by atoms with Crippen molar-refractivity contribution in [2.75, 3.05) is 19.0 Å². The van der Waals surface area contributed by atoms with Crippen LogP contribution in [0.15, 0.2) is 42.5 Å². The number of carbonyl (C=O) groups excluding carboxylic acids is 2. The molecule has 0 spiro atoms. The molecule has 0 atom stereocenters. The lowest BCUT2D eigenvalue weighted by atomic mass is 10.1. The zero-order chi connectivity index (χ0) is 17.5. The summed E-state index contributed by atoms with van der Waals surface area (Å²) in [6.07, 6.45) is 0.605. The largest absolute Gasteiger partial charge is 0.496 e. The minimum atomic E-state index is -0.126. The van der Waals surface area contributed by atoms with E-state index in [0.717, 1.165) is 16.9 Å². The summed E-state index contributed by atoms with van der Waals surface area (Å²) in [5.74, 6) is 0.503. The lowest BCUT2D eigenvalue weighted by Crippen LogP contribution is -2.25. The lowest BCUT2D eigenvalue weighted by molar-refractivity contribution is -0.114. The number of amides is 2. The molecule has 2 rings (SSSR count). The smallest absolute Gasteiger partial charge is 0.251 e. The van der Waals surface area contributed by atoms with Crippen LogP contribution in [0.5, 0.6) is 5.75 Å². The summed E-state index contributed by atoms with van der Waals surface area (Å²) >= 11 is 0. The molecule has 5 heteroatoms. The van der Waals surface area contributed by atoms with E-state index in [0.29, 0.717) is 24.2 Å². The van der Waals surface area contributed by atoms with Gasteiger partial charge in [-0.15, -0.1) is 0 Å². The summed E-state index contributed by atoms with van der Waals surface area (Å²) in [6, 6.07) is 12.9. The lowest BCUT2D eigenvalue weighted by Gasteiger charge is -2.12. The highest BCUT2D eigenvalue weighted by Crippen LogP contribution is 2.23. The highest BCUT2D eigenvalue weighted by Gasteiger charge is 2.08. The predicted molar refractivity (Wildman–Crippen MR) is 94.5 cm³/mol. The van der Waals surface area contributed by atoms with Gasteiger partial charge in [0.1, 0.15) is 5.75 Å². The number of carbonyl (C=O) groups is 2. The Balaban J connectivity index is 2.00. The predicted octanol–water partition coefficient (Wildman–Crippen LogP) is 2.93. The molecule has 0 aliphatic rings. The second-order valence-corrected chi connectivity index (χ2v) is 5.58. The zero-order valence-corrected chi connectivity index (χ0v) is 14.2. The van der Waals surface area contributed by atoms with Gasteiger partial charge in [-0.2, -0.15) is 0 Å². The van der Waals surface area contributed by atoms with Crippen molar-refractivity contribution >= 4 is 17.5 Å². The Morgan fingerprint density at radius 3 is 2.58 bits per heavy atom. The zero-order valence-electron chi connectivity index (χ0n) is 14.2. The first-order valence-electron chi connectivity index (χ1n) is 7.79. The molecular formula is C19H22N2O3. The van der Waals surface area contributed by atoms with Crippen molar-refractivity contribution in [3.8, 4) is 5.75 Å². The van der Waals surface area contributed by atoms with Gasteiger partial charge in [0, 0.05) is 24.7 Å². The van der Waals surface area contributed by atoms with Crippen molar-refractivity contribution in [2.45, 2.75) is 20.3 Å². The van der Waals surface area contributed by atoms with Gasteiger partial charge in [0.15, 0.2) is 0 Å². The molecule has 0 aliphatic carbocycles. The Hall–Kier alpha value is -2.82.